The zero-order valence-corrected chi connectivity index (χ0v) is 11.1. The Hall–Kier alpha value is -2.32. The number of benzene rings is 1. The summed E-state index contributed by atoms with van der Waals surface area (Å²) in [6, 6.07) is 8.31. The molecule has 1 aromatic carbocycles. The molecule has 0 aliphatic carbocycles. The number of aromatic amines is 1. The lowest BCUT2D eigenvalue weighted by Crippen LogP contribution is -2.24. The first-order valence-electron chi connectivity index (χ1n) is 5.83. The Kier molecular flexibility index (Phi) is 3.17. The summed E-state index contributed by atoms with van der Waals surface area (Å²) in [5.74, 6) is 0. The Balaban J connectivity index is 1.90. The fraction of sp³-hybridized carbons (Fsp3) is 0.0833. The molecule has 102 valence electrons. The third-order valence-electron chi connectivity index (χ3n) is 2.78. The van der Waals surface area contributed by atoms with Crippen LogP contribution in [0.5, 0.6) is 0 Å². The first-order chi connectivity index (χ1) is 9.67. The number of H-pyrrole nitrogens is 1. The highest BCUT2D eigenvalue weighted by Crippen LogP contribution is 2.19. The van der Waals surface area contributed by atoms with Gasteiger partial charge in [0.05, 0.1) is 0 Å². The van der Waals surface area contributed by atoms with Crippen LogP contribution in [-0.4, -0.2) is 18.7 Å². The molecule has 0 fully saturated rings. The van der Waals surface area contributed by atoms with Gasteiger partial charge in [0, 0.05) is 18.2 Å². The van der Waals surface area contributed by atoms with Crippen molar-refractivity contribution < 1.29 is 18.0 Å². The maximum Gasteiger partial charge on any atom is 0.243 e. The van der Waals surface area contributed by atoms with Crippen molar-refractivity contribution in [3.05, 3.63) is 48.3 Å². The molecule has 0 radical (unpaired) electrons. The van der Waals surface area contributed by atoms with Gasteiger partial charge in [0.15, 0.2) is 17.9 Å². The van der Waals surface area contributed by atoms with E-state index >= 15 is 0 Å². The van der Waals surface area contributed by atoms with Crippen LogP contribution in [0.2, 0.25) is 0 Å². The molecule has 2 N–H and O–H groups in total. The smallest absolute Gasteiger partial charge is 0.243 e. The largest absolute Gasteiger partial charge is 0.243 e. The molecule has 0 aliphatic heterocycles. The second-order valence-electron chi connectivity index (χ2n) is 4.12. The van der Waals surface area contributed by atoms with Gasteiger partial charge in [0.2, 0.25) is 10.0 Å². The van der Waals surface area contributed by atoms with Gasteiger partial charge in [-0.15, -0.1) is 0 Å². The molecule has 0 atom stereocenters. The molecule has 0 saturated heterocycles. The number of nitrogens with one attached hydrogen (secondary N) is 2. The van der Waals surface area contributed by atoms with Crippen LogP contribution in [0, 0.1) is 0 Å². The van der Waals surface area contributed by atoms with Crippen molar-refractivity contribution in [2.24, 2.45) is 0 Å². The number of sulfonamides is 1. The summed E-state index contributed by atoms with van der Waals surface area (Å²) < 4.78 is 31.7. The van der Waals surface area contributed by atoms with E-state index < -0.39 is 10.0 Å². The van der Waals surface area contributed by atoms with Crippen molar-refractivity contribution in [3.8, 4) is 0 Å². The maximum atomic E-state index is 12.3. The summed E-state index contributed by atoms with van der Waals surface area (Å²) in [5, 5.41) is 7.26. The van der Waals surface area contributed by atoms with E-state index in [0.29, 0.717) is 5.52 Å². The highest BCUT2D eigenvalue weighted by atomic mass is 32.2. The second-order valence-corrected chi connectivity index (χ2v) is 5.86. The summed E-state index contributed by atoms with van der Waals surface area (Å²) in [4.78, 5) is 2.94. The van der Waals surface area contributed by atoms with E-state index in [-0.39, 0.29) is 17.0 Å². The highest BCUT2D eigenvalue weighted by Gasteiger charge is 2.20. The summed E-state index contributed by atoms with van der Waals surface area (Å²) in [7, 11) is -3.68. The number of hydrogen-bond donors (Lipinski definition) is 1. The summed E-state index contributed by atoms with van der Waals surface area (Å²) in [5.41, 5.74) is 1.45. The van der Waals surface area contributed by atoms with Crippen molar-refractivity contribution >= 4 is 21.1 Å². The number of pyridine rings is 1. The van der Waals surface area contributed by atoms with E-state index in [9.17, 15) is 8.42 Å². The number of nitrogens with zero attached hydrogens (tertiary/aromatic N) is 2. The van der Waals surface area contributed by atoms with Gasteiger partial charge in [-0.3, -0.25) is 0 Å². The topological polar surface area (TPSA) is 99.2 Å². The SMILES string of the molecule is O=S(=O)(NCc1ccc[nH+]c1)c1cccc2nonc12. The lowest BCUT2D eigenvalue weighted by molar-refractivity contribution is -0.378. The van der Waals surface area contributed by atoms with Gasteiger partial charge in [-0.2, -0.15) is 0 Å². The minimum Gasteiger partial charge on any atom is -0.243 e. The van der Waals surface area contributed by atoms with Gasteiger partial charge in [-0.05, 0) is 28.5 Å². The monoisotopic (exact) mass is 291 g/mol. The van der Waals surface area contributed by atoms with Gasteiger partial charge in [-0.1, -0.05) is 6.07 Å². The lowest BCUT2D eigenvalue weighted by Gasteiger charge is -2.05. The van der Waals surface area contributed by atoms with Gasteiger partial charge in [0.25, 0.3) is 0 Å². The molecule has 2 heterocycles. The third-order valence-corrected chi connectivity index (χ3v) is 4.21. The summed E-state index contributed by atoms with van der Waals surface area (Å²) >= 11 is 0. The third kappa shape index (κ3) is 2.38. The second kappa shape index (κ2) is 4.99. The summed E-state index contributed by atoms with van der Waals surface area (Å²) in [6.07, 6.45) is 3.47. The molecule has 0 saturated carbocycles. The molecular formula is C12H11N4O3S+. The van der Waals surface area contributed by atoms with Crippen molar-refractivity contribution in [2.45, 2.75) is 11.4 Å². The highest BCUT2D eigenvalue weighted by molar-refractivity contribution is 7.89. The normalized spacial score (nSPS) is 11.8. The molecule has 2 aromatic heterocycles. The van der Waals surface area contributed by atoms with E-state index in [1.54, 1.807) is 30.6 Å². The number of hydrogen-bond acceptors (Lipinski definition) is 5. The van der Waals surface area contributed by atoms with Crippen LogP contribution in [0.15, 0.2) is 52.3 Å². The van der Waals surface area contributed by atoms with Crippen LogP contribution in [0.25, 0.3) is 11.0 Å². The molecule has 0 amide bonds. The number of fused-ring (bicyclic) bond motifs is 1. The molecule has 0 spiro atoms. The van der Waals surface area contributed by atoms with Crippen LogP contribution >= 0.6 is 0 Å². The van der Waals surface area contributed by atoms with Gasteiger partial charge in [-0.25, -0.2) is 22.8 Å². The van der Waals surface area contributed by atoms with Gasteiger partial charge in [0.1, 0.15) is 10.4 Å². The predicted octanol–water partition coefficient (Wildman–Crippen LogP) is 0.515. The molecule has 0 unspecified atom stereocenters. The molecule has 3 rings (SSSR count). The molecule has 0 bridgehead atoms. The van der Waals surface area contributed by atoms with Crippen molar-refractivity contribution in [2.75, 3.05) is 0 Å². The first-order valence-corrected chi connectivity index (χ1v) is 7.31. The van der Waals surface area contributed by atoms with Crippen LogP contribution < -0.4 is 9.71 Å². The lowest BCUT2D eigenvalue weighted by atomic mass is 10.3. The van der Waals surface area contributed by atoms with E-state index in [0.717, 1.165) is 5.56 Å². The first kappa shape index (κ1) is 12.7. The van der Waals surface area contributed by atoms with Crippen molar-refractivity contribution in [1.29, 1.82) is 0 Å². The van der Waals surface area contributed by atoms with E-state index in [4.69, 9.17) is 0 Å². The molecule has 8 heteroatoms. The van der Waals surface area contributed by atoms with Crippen molar-refractivity contribution in [1.82, 2.24) is 15.0 Å². The zero-order chi connectivity index (χ0) is 14.0. The number of aromatic nitrogens is 3. The summed E-state index contributed by atoms with van der Waals surface area (Å²) in [6.45, 7) is 0.182. The minimum atomic E-state index is -3.68. The van der Waals surface area contributed by atoms with Crippen LogP contribution in [-0.2, 0) is 16.6 Å². The molecule has 0 aliphatic rings. The van der Waals surface area contributed by atoms with Gasteiger partial charge >= 0.3 is 0 Å². The van der Waals surface area contributed by atoms with Crippen LogP contribution in [0.3, 0.4) is 0 Å². The molecule has 3 aromatic rings. The molecule has 20 heavy (non-hydrogen) atoms. The predicted molar refractivity (Wildman–Crippen MR) is 68.8 cm³/mol. The standard InChI is InChI=1S/C12H10N4O3S/c17-20(18,14-8-9-3-2-6-13-7-9)11-5-1-4-10-12(11)16-19-15-10/h1-7,14H,8H2/p+1. The fourth-order valence-electron chi connectivity index (χ4n) is 1.79. The Morgan fingerprint density at radius 2 is 2.10 bits per heavy atom. The maximum absolute atomic E-state index is 12.3. The molecular weight excluding hydrogens is 280 g/mol. The minimum absolute atomic E-state index is 0.0520. The van der Waals surface area contributed by atoms with Crippen LogP contribution in [0.1, 0.15) is 5.56 Å². The van der Waals surface area contributed by atoms with Crippen molar-refractivity contribution in [3.63, 3.8) is 0 Å². The Bertz CT molecular complexity index is 830. The van der Waals surface area contributed by atoms with Crippen LogP contribution in [0.4, 0.5) is 0 Å². The molecule has 7 nitrogen and oxygen atoms in total. The average molecular weight is 291 g/mol. The quantitative estimate of drug-likeness (QED) is 0.755. The van der Waals surface area contributed by atoms with Gasteiger partial charge < -0.3 is 0 Å². The van der Waals surface area contributed by atoms with E-state index in [2.05, 4.69) is 24.6 Å². The van der Waals surface area contributed by atoms with E-state index in [1.807, 2.05) is 6.07 Å². The number of rotatable bonds is 4. The average Bonchev–Trinajstić information content (AvgIpc) is 2.94. The fourth-order valence-corrected chi connectivity index (χ4v) is 2.96. The zero-order valence-electron chi connectivity index (χ0n) is 10.3. The Morgan fingerprint density at radius 1 is 1.20 bits per heavy atom. The Labute approximate surface area is 114 Å². The van der Waals surface area contributed by atoms with E-state index in [1.165, 1.54) is 6.07 Å². The Morgan fingerprint density at radius 3 is 2.90 bits per heavy atom.